The van der Waals surface area contributed by atoms with Crippen molar-refractivity contribution in [1.82, 2.24) is 10.2 Å². The molecule has 44 heavy (non-hydrogen) atoms. The van der Waals surface area contributed by atoms with E-state index in [0.717, 1.165) is 18.1 Å². The fourth-order valence-electron chi connectivity index (χ4n) is 3.42. The lowest BCUT2D eigenvalue weighted by Gasteiger charge is -2.15. The Balaban J connectivity index is 1.17. The largest absolute Gasteiger partial charge is 0.491 e. The molecule has 15 nitrogen and oxygen atoms in total. The second kappa shape index (κ2) is 16.9. The molecule has 3 rings (SSSR count). The number of aromatic nitrogens is 2. The topological polar surface area (TPSA) is 201 Å². The molecule has 0 bridgehead atoms. The van der Waals surface area contributed by atoms with Crippen molar-refractivity contribution in [2.45, 2.75) is 18.3 Å². The summed E-state index contributed by atoms with van der Waals surface area (Å²) >= 11 is 0. The van der Waals surface area contributed by atoms with Crippen molar-refractivity contribution in [3.8, 4) is 23.0 Å². The maximum atomic E-state index is 11.6. The third kappa shape index (κ3) is 11.7. The van der Waals surface area contributed by atoms with Gasteiger partial charge in [0.25, 0.3) is 0 Å². The van der Waals surface area contributed by atoms with E-state index < -0.39 is 36.2 Å². The fraction of sp³-hybridized carbons (Fsp3) is 0.444. The Hall–Kier alpha value is -3.77. The van der Waals surface area contributed by atoms with Crippen molar-refractivity contribution in [3.63, 3.8) is 0 Å². The lowest BCUT2D eigenvalue weighted by Crippen LogP contribution is -2.20. The molecular formula is C27H36N4O11S2. The Morgan fingerprint density at radius 2 is 1.25 bits per heavy atom. The van der Waals surface area contributed by atoms with E-state index in [1.54, 1.807) is 55.5 Å². The summed E-state index contributed by atoms with van der Waals surface area (Å²) in [7, 11) is -7.21. The maximum Gasteiger partial charge on any atom is 0.335 e. The van der Waals surface area contributed by atoms with E-state index >= 15 is 0 Å². The van der Waals surface area contributed by atoms with Crippen LogP contribution >= 0.6 is 0 Å². The molecule has 1 heterocycles. The number of hydrazone groups is 1. The summed E-state index contributed by atoms with van der Waals surface area (Å²) in [6.07, 6.45) is 1.40. The van der Waals surface area contributed by atoms with E-state index in [4.69, 9.17) is 38.7 Å². The van der Waals surface area contributed by atoms with Gasteiger partial charge in [0.1, 0.15) is 30.8 Å². The molecule has 0 aliphatic rings. The lowest BCUT2D eigenvalue weighted by molar-refractivity contribution is 0.00499. The first-order valence-corrected chi connectivity index (χ1v) is 17.1. The molecule has 1 atom stereocenters. The molecule has 0 aliphatic heterocycles. The molecule has 0 spiro atoms. The highest BCUT2D eigenvalue weighted by Gasteiger charge is 2.20. The number of sulfone groups is 2. The van der Waals surface area contributed by atoms with Crippen LogP contribution in [0.5, 0.6) is 11.5 Å². The van der Waals surface area contributed by atoms with E-state index in [-0.39, 0.29) is 5.89 Å². The minimum atomic E-state index is -3.65. The van der Waals surface area contributed by atoms with E-state index in [2.05, 4.69) is 15.3 Å². The number of rotatable bonds is 18. The molecule has 0 fully saturated rings. The molecule has 0 radical (unpaired) electrons. The van der Waals surface area contributed by atoms with Gasteiger partial charge in [0, 0.05) is 18.1 Å². The summed E-state index contributed by atoms with van der Waals surface area (Å²) in [4.78, 5) is 0. The third-order valence-electron chi connectivity index (χ3n) is 5.61. The molecule has 0 amide bonds. The van der Waals surface area contributed by atoms with Crippen LogP contribution < -0.4 is 15.3 Å². The number of nitrogens with two attached hydrogens (primary N) is 1. The monoisotopic (exact) mass is 656 g/mol. The first-order chi connectivity index (χ1) is 21.0. The first-order valence-electron chi connectivity index (χ1n) is 13.3. The summed E-state index contributed by atoms with van der Waals surface area (Å²) in [5, 5.41) is 9.52. The van der Waals surface area contributed by atoms with Crippen LogP contribution in [0.2, 0.25) is 0 Å². The van der Waals surface area contributed by atoms with E-state index in [1.807, 2.05) is 0 Å². The number of hydrogen-bond acceptors (Lipinski definition) is 15. The third-order valence-corrected chi connectivity index (χ3v) is 7.25. The minimum absolute atomic E-state index is 0.105. The Morgan fingerprint density at radius 1 is 0.773 bits per heavy atom. The normalized spacial score (nSPS) is 13.0. The maximum absolute atomic E-state index is 11.6. The van der Waals surface area contributed by atoms with Gasteiger partial charge in [-0.15, -0.1) is 10.2 Å². The first kappa shape index (κ1) is 34.7. The Morgan fingerprint density at radius 3 is 1.68 bits per heavy atom. The minimum Gasteiger partial charge on any atom is -0.491 e. The van der Waals surface area contributed by atoms with Gasteiger partial charge < -0.3 is 38.7 Å². The van der Waals surface area contributed by atoms with Crippen LogP contribution in [0.3, 0.4) is 0 Å². The van der Waals surface area contributed by atoms with Gasteiger partial charge >= 0.3 is 10.5 Å². The molecule has 242 valence electrons. The van der Waals surface area contributed by atoms with Gasteiger partial charge in [0.05, 0.1) is 39.6 Å². The van der Waals surface area contributed by atoms with E-state index in [9.17, 15) is 16.8 Å². The number of benzene rings is 2. The summed E-state index contributed by atoms with van der Waals surface area (Å²) in [5.41, 5.74) is 1.30. The highest BCUT2D eigenvalue weighted by molar-refractivity contribution is 8.05. The molecule has 0 aliphatic carbocycles. The SMILES string of the molecule is CC(O/C(=N\N)S(C)(=O)=O)c1ccc(OCCOCCOCCOCCOc2ccc(-c3nnc(S(C)(=O)=O)o3)cc2)cc1. The van der Waals surface area contributed by atoms with Crippen molar-refractivity contribution in [3.05, 3.63) is 54.1 Å². The number of nitrogens with zero attached hydrogens (tertiary/aromatic N) is 3. The summed E-state index contributed by atoms with van der Waals surface area (Å²) < 4.78 is 84.3. The van der Waals surface area contributed by atoms with Crippen LogP contribution in [0.4, 0.5) is 0 Å². The Bertz CT molecular complexity index is 1540. The average Bonchev–Trinajstić information content (AvgIpc) is 3.49. The van der Waals surface area contributed by atoms with Gasteiger partial charge in [-0.05, 0) is 48.9 Å². The van der Waals surface area contributed by atoms with Gasteiger partial charge in [-0.2, -0.15) is 0 Å². The van der Waals surface area contributed by atoms with Crippen LogP contribution in [0, 0.1) is 0 Å². The highest BCUT2D eigenvalue weighted by Crippen LogP contribution is 2.23. The smallest absolute Gasteiger partial charge is 0.335 e. The van der Waals surface area contributed by atoms with Gasteiger partial charge in [0.2, 0.25) is 25.6 Å². The zero-order chi connectivity index (χ0) is 32.0. The predicted molar refractivity (Wildman–Crippen MR) is 159 cm³/mol. The van der Waals surface area contributed by atoms with Gasteiger partial charge in [-0.3, -0.25) is 0 Å². The lowest BCUT2D eigenvalue weighted by atomic mass is 10.1. The average molecular weight is 657 g/mol. The molecule has 0 saturated carbocycles. The van der Waals surface area contributed by atoms with E-state index in [0.29, 0.717) is 69.9 Å². The van der Waals surface area contributed by atoms with Crippen LogP contribution in [0.1, 0.15) is 18.6 Å². The Labute approximate surface area is 256 Å². The van der Waals surface area contributed by atoms with Crippen LogP contribution in [-0.4, -0.2) is 97.6 Å². The van der Waals surface area contributed by atoms with Crippen molar-refractivity contribution >= 4 is 24.9 Å². The van der Waals surface area contributed by atoms with Gasteiger partial charge in [-0.25, -0.2) is 16.8 Å². The number of ether oxygens (including phenoxy) is 6. The van der Waals surface area contributed by atoms with Crippen molar-refractivity contribution in [1.29, 1.82) is 0 Å². The molecular weight excluding hydrogens is 620 g/mol. The van der Waals surface area contributed by atoms with Crippen molar-refractivity contribution < 1.29 is 49.7 Å². The Kier molecular flexibility index (Phi) is 13.3. The standard InChI is InChI=1S/C27H36N4O11S2/c1-20(41-26(29-28)43(2,32)33)21-4-8-23(9-5-21)39-18-16-37-14-12-36-13-15-38-17-19-40-24-10-6-22(7-11-24)25-30-31-27(42-25)44(3,34)35/h4-11,20H,12-19,28H2,1-3H3/b29-26+. The van der Waals surface area contributed by atoms with E-state index in [1.165, 1.54) is 0 Å². The molecule has 2 aromatic carbocycles. The molecule has 0 saturated heterocycles. The quantitative estimate of drug-likeness (QED) is 0.0685. The molecule has 3 aromatic rings. The van der Waals surface area contributed by atoms with Crippen LogP contribution in [0.15, 0.2) is 63.3 Å². The van der Waals surface area contributed by atoms with Crippen molar-refractivity contribution in [2.24, 2.45) is 10.9 Å². The zero-order valence-corrected chi connectivity index (χ0v) is 26.2. The zero-order valence-electron chi connectivity index (χ0n) is 24.6. The second-order valence-corrected chi connectivity index (χ2v) is 13.0. The fourth-order valence-corrected chi connectivity index (χ4v) is 4.35. The summed E-state index contributed by atoms with van der Waals surface area (Å²) in [5.74, 6) is 6.45. The second-order valence-electron chi connectivity index (χ2n) is 9.20. The van der Waals surface area contributed by atoms with Gasteiger partial charge in [-0.1, -0.05) is 17.2 Å². The van der Waals surface area contributed by atoms with Crippen LogP contribution in [-0.2, 0) is 38.6 Å². The molecule has 1 aromatic heterocycles. The van der Waals surface area contributed by atoms with Gasteiger partial charge in [0.15, 0.2) is 0 Å². The molecule has 1 unspecified atom stereocenters. The molecule has 2 N–H and O–H groups in total. The summed E-state index contributed by atoms with van der Waals surface area (Å²) in [6, 6.07) is 13.8. The van der Waals surface area contributed by atoms with Crippen LogP contribution in [0.25, 0.3) is 11.5 Å². The highest BCUT2D eigenvalue weighted by atomic mass is 32.2. The number of hydrogen-bond donors (Lipinski definition) is 1. The predicted octanol–water partition coefficient (Wildman–Crippen LogP) is 2.00. The van der Waals surface area contributed by atoms with Crippen molar-refractivity contribution in [2.75, 3.05) is 65.4 Å². The molecule has 17 heteroatoms. The summed E-state index contributed by atoms with van der Waals surface area (Å²) in [6.45, 7) is 4.74.